The van der Waals surface area contributed by atoms with E-state index >= 15 is 0 Å². The highest BCUT2D eigenvalue weighted by Gasteiger charge is 2.30. The lowest BCUT2D eigenvalue weighted by Crippen LogP contribution is -2.50. The molecule has 0 saturated carbocycles. The van der Waals surface area contributed by atoms with Gasteiger partial charge in [0.1, 0.15) is 5.75 Å². The van der Waals surface area contributed by atoms with Crippen molar-refractivity contribution in [1.82, 2.24) is 4.90 Å². The van der Waals surface area contributed by atoms with Crippen molar-refractivity contribution in [2.45, 2.75) is 39.3 Å². The first kappa shape index (κ1) is 26.6. The molecule has 0 aromatic heterocycles. The van der Waals surface area contributed by atoms with Crippen LogP contribution in [-0.4, -0.2) is 35.5 Å². The standard InChI is InChI=1S/C28H35N5O3/c1-4-36-23-15-13-22(14-16-23)31-27(35)33(28(2,3)17-18-29)19-20-9-11-21(12-10-20)26(34)32-25-8-6-5-7-24(25)30/h5-16H,4,17-19,29-30H2,1-3H3,(H,31,35)(H,32,34). The first-order valence-corrected chi connectivity index (χ1v) is 12.0. The molecule has 3 amide bonds. The second-order valence-corrected chi connectivity index (χ2v) is 9.06. The number of rotatable bonds is 10. The van der Waals surface area contributed by atoms with Crippen LogP contribution in [0.15, 0.2) is 72.8 Å². The number of carbonyl (C=O) groups excluding carboxylic acids is 2. The molecular formula is C28H35N5O3. The van der Waals surface area contributed by atoms with E-state index in [9.17, 15) is 9.59 Å². The van der Waals surface area contributed by atoms with Crippen LogP contribution < -0.4 is 26.8 Å². The van der Waals surface area contributed by atoms with Gasteiger partial charge in [-0.1, -0.05) is 24.3 Å². The number of nitrogens with two attached hydrogens (primary N) is 2. The van der Waals surface area contributed by atoms with Gasteiger partial charge in [-0.3, -0.25) is 4.79 Å². The fourth-order valence-corrected chi connectivity index (χ4v) is 3.79. The van der Waals surface area contributed by atoms with E-state index in [0.29, 0.717) is 48.7 Å². The van der Waals surface area contributed by atoms with Gasteiger partial charge < -0.3 is 31.7 Å². The summed E-state index contributed by atoms with van der Waals surface area (Å²) >= 11 is 0. The van der Waals surface area contributed by atoms with Crippen molar-refractivity contribution in [1.29, 1.82) is 0 Å². The molecule has 0 spiro atoms. The average Bonchev–Trinajstić information content (AvgIpc) is 2.85. The Morgan fingerprint density at radius 1 is 0.944 bits per heavy atom. The molecule has 3 aromatic carbocycles. The molecule has 0 radical (unpaired) electrons. The predicted octanol–water partition coefficient (Wildman–Crippen LogP) is 5.08. The number of urea groups is 1. The predicted molar refractivity (Wildman–Crippen MR) is 145 cm³/mol. The number of carbonyl (C=O) groups is 2. The zero-order valence-corrected chi connectivity index (χ0v) is 21.1. The fourth-order valence-electron chi connectivity index (χ4n) is 3.79. The van der Waals surface area contributed by atoms with Crippen molar-refractivity contribution >= 4 is 29.0 Å². The average molecular weight is 490 g/mol. The summed E-state index contributed by atoms with van der Waals surface area (Å²) in [4.78, 5) is 27.7. The van der Waals surface area contributed by atoms with Crippen molar-refractivity contribution < 1.29 is 14.3 Å². The SMILES string of the molecule is CCOc1ccc(NC(=O)N(Cc2ccc(C(=O)Nc3ccccc3N)cc2)C(C)(C)CCN)cc1. The third-order valence-electron chi connectivity index (χ3n) is 5.91. The van der Waals surface area contributed by atoms with Gasteiger partial charge in [-0.15, -0.1) is 0 Å². The molecule has 0 saturated heterocycles. The molecule has 0 bridgehead atoms. The van der Waals surface area contributed by atoms with Gasteiger partial charge in [-0.25, -0.2) is 4.79 Å². The molecule has 0 fully saturated rings. The molecule has 0 unspecified atom stereocenters. The third kappa shape index (κ3) is 6.99. The summed E-state index contributed by atoms with van der Waals surface area (Å²) in [6.45, 7) is 7.27. The molecule has 8 heteroatoms. The highest BCUT2D eigenvalue weighted by molar-refractivity contribution is 6.05. The maximum Gasteiger partial charge on any atom is 0.322 e. The van der Waals surface area contributed by atoms with Crippen molar-refractivity contribution in [2.75, 3.05) is 29.5 Å². The summed E-state index contributed by atoms with van der Waals surface area (Å²) in [5.41, 5.74) is 14.4. The Bertz CT molecular complexity index is 1160. The number of hydrogen-bond acceptors (Lipinski definition) is 5. The number of ether oxygens (including phenoxy) is 1. The number of nitrogens with zero attached hydrogens (tertiary/aromatic N) is 1. The highest BCUT2D eigenvalue weighted by atomic mass is 16.5. The third-order valence-corrected chi connectivity index (χ3v) is 5.91. The first-order chi connectivity index (χ1) is 17.2. The van der Waals surface area contributed by atoms with Crippen LogP contribution in [0.2, 0.25) is 0 Å². The quantitative estimate of drug-likeness (QED) is 0.296. The van der Waals surface area contributed by atoms with Gasteiger partial charge in [-0.05, 0) is 87.8 Å². The van der Waals surface area contributed by atoms with Crippen molar-refractivity contribution in [3.8, 4) is 5.75 Å². The number of nitrogens with one attached hydrogen (secondary N) is 2. The number of amides is 3. The van der Waals surface area contributed by atoms with E-state index in [-0.39, 0.29) is 11.9 Å². The van der Waals surface area contributed by atoms with E-state index in [2.05, 4.69) is 10.6 Å². The summed E-state index contributed by atoms with van der Waals surface area (Å²) in [5, 5.41) is 5.80. The zero-order valence-electron chi connectivity index (χ0n) is 21.1. The van der Waals surface area contributed by atoms with Gasteiger partial charge in [-0.2, -0.15) is 0 Å². The summed E-state index contributed by atoms with van der Waals surface area (Å²) in [6.07, 6.45) is 0.628. The number of benzene rings is 3. The number of hydrogen-bond donors (Lipinski definition) is 4. The molecular weight excluding hydrogens is 454 g/mol. The lowest BCUT2D eigenvalue weighted by molar-refractivity contribution is 0.102. The normalized spacial score (nSPS) is 11.0. The molecule has 190 valence electrons. The molecule has 3 aromatic rings. The maximum absolute atomic E-state index is 13.3. The molecule has 0 atom stereocenters. The second kappa shape index (κ2) is 12.1. The Morgan fingerprint density at radius 3 is 2.22 bits per heavy atom. The van der Waals surface area contributed by atoms with Crippen LogP contribution >= 0.6 is 0 Å². The molecule has 6 N–H and O–H groups in total. The van der Waals surface area contributed by atoms with Crippen LogP contribution in [0.1, 0.15) is 43.1 Å². The van der Waals surface area contributed by atoms with E-state index in [4.69, 9.17) is 16.2 Å². The van der Waals surface area contributed by atoms with Gasteiger partial charge in [0.2, 0.25) is 0 Å². The molecule has 0 aliphatic carbocycles. The Balaban J connectivity index is 1.73. The van der Waals surface area contributed by atoms with E-state index in [1.54, 1.807) is 29.2 Å². The van der Waals surface area contributed by atoms with E-state index in [1.807, 2.05) is 69.3 Å². The van der Waals surface area contributed by atoms with Crippen LogP contribution in [0, 0.1) is 0 Å². The summed E-state index contributed by atoms with van der Waals surface area (Å²) in [6, 6.07) is 21.3. The van der Waals surface area contributed by atoms with E-state index < -0.39 is 5.54 Å². The van der Waals surface area contributed by atoms with Gasteiger partial charge in [0.25, 0.3) is 5.91 Å². The summed E-state index contributed by atoms with van der Waals surface area (Å²) < 4.78 is 5.47. The van der Waals surface area contributed by atoms with Crippen LogP contribution in [-0.2, 0) is 6.54 Å². The topological polar surface area (TPSA) is 123 Å². The van der Waals surface area contributed by atoms with Gasteiger partial charge in [0.15, 0.2) is 0 Å². The smallest absolute Gasteiger partial charge is 0.322 e. The Kier molecular flexibility index (Phi) is 8.91. The zero-order chi connectivity index (χ0) is 26.1. The highest BCUT2D eigenvalue weighted by Crippen LogP contribution is 2.24. The van der Waals surface area contributed by atoms with Crippen molar-refractivity contribution in [3.63, 3.8) is 0 Å². The lowest BCUT2D eigenvalue weighted by Gasteiger charge is -2.38. The molecule has 3 rings (SSSR count). The van der Waals surface area contributed by atoms with Crippen LogP contribution in [0.25, 0.3) is 0 Å². The Labute approximate surface area is 212 Å². The minimum absolute atomic E-state index is 0.237. The molecule has 8 nitrogen and oxygen atoms in total. The molecule has 0 aliphatic heterocycles. The first-order valence-electron chi connectivity index (χ1n) is 12.0. The minimum Gasteiger partial charge on any atom is -0.494 e. The van der Waals surface area contributed by atoms with Gasteiger partial charge >= 0.3 is 6.03 Å². The van der Waals surface area contributed by atoms with Gasteiger partial charge in [0, 0.05) is 23.3 Å². The number of nitrogen functional groups attached to an aromatic ring is 1. The molecule has 0 aliphatic rings. The summed E-state index contributed by atoms with van der Waals surface area (Å²) in [5.74, 6) is 0.489. The van der Waals surface area contributed by atoms with Crippen molar-refractivity contribution in [3.05, 3.63) is 83.9 Å². The number of anilines is 3. The van der Waals surface area contributed by atoms with Gasteiger partial charge in [0.05, 0.1) is 18.0 Å². The maximum atomic E-state index is 13.3. The summed E-state index contributed by atoms with van der Waals surface area (Å²) in [7, 11) is 0. The number of para-hydroxylation sites is 2. The van der Waals surface area contributed by atoms with Crippen LogP contribution in [0.4, 0.5) is 21.9 Å². The Hall–Kier alpha value is -4.04. The van der Waals surface area contributed by atoms with Crippen LogP contribution in [0.5, 0.6) is 5.75 Å². The largest absolute Gasteiger partial charge is 0.494 e. The fraction of sp³-hybridized carbons (Fsp3) is 0.286. The molecule has 36 heavy (non-hydrogen) atoms. The Morgan fingerprint density at radius 2 is 1.61 bits per heavy atom. The second-order valence-electron chi connectivity index (χ2n) is 9.06. The molecule has 0 heterocycles. The van der Waals surface area contributed by atoms with Crippen LogP contribution in [0.3, 0.4) is 0 Å². The lowest BCUT2D eigenvalue weighted by atomic mass is 9.97. The van der Waals surface area contributed by atoms with E-state index in [1.165, 1.54) is 0 Å². The minimum atomic E-state index is -0.495. The monoisotopic (exact) mass is 489 g/mol. The van der Waals surface area contributed by atoms with E-state index in [0.717, 1.165) is 11.3 Å². The van der Waals surface area contributed by atoms with Crippen molar-refractivity contribution in [2.24, 2.45) is 5.73 Å².